The second kappa shape index (κ2) is 15.9. The molecule has 0 saturated carbocycles. The number of aromatic nitrogens is 1. The average molecular weight is 468 g/mol. The van der Waals surface area contributed by atoms with Crippen LogP contribution < -0.4 is 4.74 Å². The molecule has 0 bridgehead atoms. The fraction of sp³-hybridized carbons (Fsp3) is 0.633. The molecule has 0 unspecified atom stereocenters. The number of hydrogen-bond donors (Lipinski definition) is 0. The largest absolute Gasteiger partial charge is 0.494 e. The van der Waals surface area contributed by atoms with E-state index in [0.717, 1.165) is 48.8 Å². The Hall–Kier alpha value is -1.91. The summed E-state index contributed by atoms with van der Waals surface area (Å²) >= 11 is 0. The molecule has 0 amide bonds. The lowest BCUT2D eigenvalue weighted by Crippen LogP contribution is -2.27. The summed E-state index contributed by atoms with van der Waals surface area (Å²) in [4.78, 5) is 4.66. The van der Waals surface area contributed by atoms with Gasteiger partial charge in [0, 0.05) is 23.2 Å². The van der Waals surface area contributed by atoms with Crippen LogP contribution in [0.5, 0.6) is 5.75 Å². The molecular weight excluding hydrogens is 422 g/mol. The van der Waals surface area contributed by atoms with E-state index in [0.29, 0.717) is 5.92 Å². The van der Waals surface area contributed by atoms with Gasteiger partial charge in [-0.05, 0) is 43.2 Å². The monoisotopic (exact) mass is 467 g/mol. The smallest absolute Gasteiger partial charge is 0.185 e. The molecule has 1 aromatic heterocycles. The van der Waals surface area contributed by atoms with Crippen molar-refractivity contribution in [2.45, 2.75) is 97.2 Å². The van der Waals surface area contributed by atoms with Crippen molar-refractivity contribution in [2.24, 2.45) is 5.92 Å². The van der Waals surface area contributed by atoms with Crippen LogP contribution in [-0.4, -0.2) is 24.8 Å². The maximum atomic E-state index is 6.01. The van der Waals surface area contributed by atoms with Gasteiger partial charge in [-0.15, -0.1) is 0 Å². The lowest BCUT2D eigenvalue weighted by molar-refractivity contribution is -0.206. The van der Waals surface area contributed by atoms with E-state index >= 15 is 0 Å². The van der Waals surface area contributed by atoms with Gasteiger partial charge < -0.3 is 14.2 Å². The standard InChI is InChI=1S/C30H45NO3/c1-3-5-7-9-11-13-21-32-28-18-15-26(16-19-28)29-20-17-27(22-31-29)30-33-23-25(24-34-30)14-12-10-8-6-4-2/h15-20,22,25,30H,3-14,21,23-24H2,1-2H3. The molecule has 0 atom stereocenters. The molecule has 3 rings (SSSR count). The van der Waals surface area contributed by atoms with Crippen LogP contribution >= 0.6 is 0 Å². The third kappa shape index (κ3) is 9.38. The fourth-order valence-electron chi connectivity index (χ4n) is 4.45. The van der Waals surface area contributed by atoms with Crippen LogP contribution in [0.4, 0.5) is 0 Å². The topological polar surface area (TPSA) is 40.6 Å². The van der Waals surface area contributed by atoms with Gasteiger partial charge >= 0.3 is 0 Å². The highest BCUT2D eigenvalue weighted by atomic mass is 16.7. The van der Waals surface area contributed by atoms with E-state index in [1.54, 1.807) is 0 Å². The Balaban J connectivity index is 1.37. The minimum absolute atomic E-state index is 0.296. The maximum absolute atomic E-state index is 6.01. The van der Waals surface area contributed by atoms with Gasteiger partial charge in [0.15, 0.2) is 6.29 Å². The maximum Gasteiger partial charge on any atom is 0.185 e. The van der Waals surface area contributed by atoms with Crippen molar-refractivity contribution in [3.8, 4) is 17.0 Å². The molecule has 0 radical (unpaired) electrons. The molecule has 1 aromatic carbocycles. The normalized spacial score (nSPS) is 18.2. The van der Waals surface area contributed by atoms with Gasteiger partial charge in [0.1, 0.15) is 5.75 Å². The number of hydrogen-bond acceptors (Lipinski definition) is 4. The Morgan fingerprint density at radius 1 is 0.765 bits per heavy atom. The third-order valence-corrected chi connectivity index (χ3v) is 6.66. The molecule has 0 N–H and O–H groups in total. The first kappa shape index (κ1) is 26.7. The first-order valence-corrected chi connectivity index (χ1v) is 13.7. The predicted octanol–water partition coefficient (Wildman–Crippen LogP) is 8.51. The summed E-state index contributed by atoms with van der Waals surface area (Å²) in [7, 11) is 0. The highest BCUT2D eigenvalue weighted by molar-refractivity contribution is 5.60. The molecule has 1 saturated heterocycles. The van der Waals surface area contributed by atoms with E-state index in [1.807, 2.05) is 24.4 Å². The summed E-state index contributed by atoms with van der Waals surface area (Å²) in [5, 5.41) is 0. The Morgan fingerprint density at radius 3 is 2.06 bits per heavy atom. The fourth-order valence-corrected chi connectivity index (χ4v) is 4.45. The predicted molar refractivity (Wildman–Crippen MR) is 140 cm³/mol. The van der Waals surface area contributed by atoms with Gasteiger partial charge in [-0.25, -0.2) is 0 Å². The van der Waals surface area contributed by atoms with Gasteiger partial charge in [0.25, 0.3) is 0 Å². The van der Waals surface area contributed by atoms with E-state index in [1.165, 1.54) is 70.6 Å². The molecule has 1 aliphatic heterocycles. The van der Waals surface area contributed by atoms with Crippen LogP contribution in [-0.2, 0) is 9.47 Å². The zero-order valence-corrected chi connectivity index (χ0v) is 21.5. The molecule has 34 heavy (non-hydrogen) atoms. The quantitative estimate of drug-likeness (QED) is 0.232. The zero-order chi connectivity index (χ0) is 23.8. The third-order valence-electron chi connectivity index (χ3n) is 6.66. The van der Waals surface area contributed by atoms with Crippen molar-refractivity contribution in [3.05, 3.63) is 48.2 Å². The van der Waals surface area contributed by atoms with Crippen LogP contribution in [0.1, 0.15) is 103 Å². The second-order valence-electron chi connectivity index (χ2n) is 9.68. The highest BCUT2D eigenvalue weighted by Crippen LogP contribution is 2.28. The van der Waals surface area contributed by atoms with Crippen LogP contribution in [0.2, 0.25) is 0 Å². The van der Waals surface area contributed by atoms with Crippen molar-refractivity contribution in [1.82, 2.24) is 4.98 Å². The Bertz CT molecular complexity index is 767. The van der Waals surface area contributed by atoms with Gasteiger partial charge in [0.05, 0.1) is 25.5 Å². The number of pyridine rings is 1. The van der Waals surface area contributed by atoms with Crippen LogP contribution in [0.25, 0.3) is 11.3 Å². The van der Waals surface area contributed by atoms with E-state index < -0.39 is 0 Å². The zero-order valence-electron chi connectivity index (χ0n) is 21.5. The van der Waals surface area contributed by atoms with Gasteiger partial charge in [-0.1, -0.05) is 84.1 Å². The molecule has 4 nitrogen and oxygen atoms in total. The number of rotatable bonds is 16. The Labute approximate surface area is 207 Å². The number of ether oxygens (including phenoxy) is 3. The second-order valence-corrected chi connectivity index (χ2v) is 9.68. The molecular formula is C30H45NO3. The molecule has 2 heterocycles. The Morgan fingerprint density at radius 2 is 1.41 bits per heavy atom. The summed E-state index contributed by atoms with van der Waals surface area (Å²) in [6.45, 7) is 6.86. The first-order chi connectivity index (χ1) is 16.8. The van der Waals surface area contributed by atoms with Gasteiger partial charge in [-0.3, -0.25) is 4.98 Å². The molecule has 188 valence electrons. The minimum atomic E-state index is -0.296. The SMILES string of the molecule is CCCCCCCCOc1ccc(-c2ccc(C3OCC(CCCCCCC)CO3)cn2)cc1. The van der Waals surface area contributed by atoms with Crippen molar-refractivity contribution in [3.63, 3.8) is 0 Å². The molecule has 0 spiro atoms. The van der Waals surface area contributed by atoms with E-state index in [-0.39, 0.29) is 6.29 Å². The minimum Gasteiger partial charge on any atom is -0.494 e. The van der Waals surface area contributed by atoms with Crippen LogP contribution in [0.3, 0.4) is 0 Å². The van der Waals surface area contributed by atoms with Crippen molar-refractivity contribution in [2.75, 3.05) is 19.8 Å². The van der Waals surface area contributed by atoms with Crippen LogP contribution in [0, 0.1) is 5.92 Å². The molecule has 4 heteroatoms. The average Bonchev–Trinajstić information content (AvgIpc) is 2.89. The molecule has 0 aliphatic carbocycles. The van der Waals surface area contributed by atoms with Crippen molar-refractivity contribution < 1.29 is 14.2 Å². The van der Waals surface area contributed by atoms with Crippen molar-refractivity contribution in [1.29, 1.82) is 0 Å². The van der Waals surface area contributed by atoms with Gasteiger partial charge in [0.2, 0.25) is 0 Å². The van der Waals surface area contributed by atoms with Crippen LogP contribution in [0.15, 0.2) is 42.6 Å². The van der Waals surface area contributed by atoms with Crippen molar-refractivity contribution >= 4 is 0 Å². The molecule has 1 aliphatic rings. The lowest BCUT2D eigenvalue weighted by atomic mass is 10.0. The van der Waals surface area contributed by atoms with E-state index in [9.17, 15) is 0 Å². The van der Waals surface area contributed by atoms with E-state index in [4.69, 9.17) is 14.2 Å². The number of nitrogens with zero attached hydrogens (tertiary/aromatic N) is 1. The molecule has 1 fully saturated rings. The summed E-state index contributed by atoms with van der Waals surface area (Å²) in [6, 6.07) is 12.4. The summed E-state index contributed by atoms with van der Waals surface area (Å²) < 4.78 is 17.9. The first-order valence-electron chi connectivity index (χ1n) is 13.7. The number of benzene rings is 1. The highest BCUT2D eigenvalue weighted by Gasteiger charge is 2.23. The van der Waals surface area contributed by atoms with Gasteiger partial charge in [-0.2, -0.15) is 0 Å². The number of unbranched alkanes of at least 4 members (excludes halogenated alkanes) is 9. The summed E-state index contributed by atoms with van der Waals surface area (Å²) in [5.74, 6) is 1.45. The molecule has 2 aromatic rings. The summed E-state index contributed by atoms with van der Waals surface area (Å²) in [6.07, 6.45) is 17.1. The summed E-state index contributed by atoms with van der Waals surface area (Å²) in [5.41, 5.74) is 3.03. The lowest BCUT2D eigenvalue weighted by Gasteiger charge is -2.29. The van der Waals surface area contributed by atoms with E-state index in [2.05, 4.69) is 37.0 Å². The Kier molecular flexibility index (Phi) is 12.5.